The molecule has 1 aliphatic heterocycles. The van der Waals surface area contributed by atoms with Crippen molar-refractivity contribution in [1.29, 1.82) is 0 Å². The molecule has 0 aromatic heterocycles. The minimum Gasteiger partial charge on any atom is -0.349 e. The van der Waals surface area contributed by atoms with Crippen molar-refractivity contribution in [3.05, 3.63) is 35.4 Å². The average Bonchev–Trinajstić information content (AvgIpc) is 2.89. The van der Waals surface area contributed by atoms with E-state index in [2.05, 4.69) is 54.1 Å². The molecule has 4 amide bonds. The Morgan fingerprint density at radius 3 is 2.20 bits per heavy atom. The number of hydrogen-bond acceptors (Lipinski definition) is 3. The molecule has 1 aliphatic rings. The van der Waals surface area contributed by atoms with E-state index < -0.39 is 18.0 Å². The van der Waals surface area contributed by atoms with E-state index in [9.17, 15) is 14.4 Å². The van der Waals surface area contributed by atoms with Gasteiger partial charge in [-0.15, -0.1) is 0 Å². The van der Waals surface area contributed by atoms with Crippen LogP contribution >= 0.6 is 0 Å². The molecule has 6 nitrogen and oxygen atoms in total. The fourth-order valence-corrected chi connectivity index (χ4v) is 2.92. The quantitative estimate of drug-likeness (QED) is 0.664. The SMILES string of the molecule is CC[C@H](C)c1ccc([C@H](NC(=O)C[C@@H]2NC(=O)NC2=O)C(C)C)cc1. The van der Waals surface area contributed by atoms with Gasteiger partial charge < -0.3 is 10.6 Å². The van der Waals surface area contributed by atoms with Gasteiger partial charge in [0.2, 0.25) is 5.91 Å². The number of imide groups is 1. The Kier molecular flexibility index (Phi) is 6.17. The van der Waals surface area contributed by atoms with Gasteiger partial charge in [-0.25, -0.2) is 4.79 Å². The zero-order chi connectivity index (χ0) is 18.6. The van der Waals surface area contributed by atoms with Crippen molar-refractivity contribution in [2.75, 3.05) is 0 Å². The minimum atomic E-state index is -0.798. The molecule has 136 valence electrons. The van der Waals surface area contributed by atoms with Crippen LogP contribution in [-0.2, 0) is 9.59 Å². The molecule has 1 aromatic carbocycles. The summed E-state index contributed by atoms with van der Waals surface area (Å²) in [4.78, 5) is 35.0. The molecule has 0 saturated carbocycles. The van der Waals surface area contributed by atoms with E-state index in [0.717, 1.165) is 12.0 Å². The molecule has 0 bridgehead atoms. The van der Waals surface area contributed by atoms with Gasteiger partial charge >= 0.3 is 6.03 Å². The van der Waals surface area contributed by atoms with Gasteiger partial charge in [0.15, 0.2) is 0 Å². The van der Waals surface area contributed by atoms with Crippen LogP contribution in [0.3, 0.4) is 0 Å². The van der Waals surface area contributed by atoms with Gasteiger partial charge in [-0.1, -0.05) is 52.0 Å². The Morgan fingerprint density at radius 1 is 1.12 bits per heavy atom. The molecule has 0 aliphatic carbocycles. The van der Waals surface area contributed by atoms with Crippen molar-refractivity contribution < 1.29 is 14.4 Å². The summed E-state index contributed by atoms with van der Waals surface area (Å²) in [6, 6.07) is 6.83. The van der Waals surface area contributed by atoms with Crippen LogP contribution in [0.5, 0.6) is 0 Å². The Bertz CT molecular complexity index is 640. The third-order valence-electron chi connectivity index (χ3n) is 4.71. The lowest BCUT2D eigenvalue weighted by atomic mass is 9.92. The van der Waals surface area contributed by atoms with Gasteiger partial charge in [0.1, 0.15) is 6.04 Å². The van der Waals surface area contributed by atoms with E-state index in [1.807, 2.05) is 13.8 Å². The van der Waals surface area contributed by atoms with E-state index in [4.69, 9.17) is 0 Å². The molecule has 25 heavy (non-hydrogen) atoms. The zero-order valence-corrected chi connectivity index (χ0v) is 15.3. The summed E-state index contributed by atoms with van der Waals surface area (Å²) < 4.78 is 0. The summed E-state index contributed by atoms with van der Waals surface area (Å²) in [5.41, 5.74) is 2.32. The summed E-state index contributed by atoms with van der Waals surface area (Å²) in [7, 11) is 0. The summed E-state index contributed by atoms with van der Waals surface area (Å²) in [6.07, 6.45) is 1.02. The smallest absolute Gasteiger partial charge is 0.322 e. The van der Waals surface area contributed by atoms with Crippen molar-refractivity contribution in [1.82, 2.24) is 16.0 Å². The predicted octanol–water partition coefficient (Wildman–Crippen LogP) is 2.61. The number of benzene rings is 1. The Balaban J connectivity index is 2.04. The lowest BCUT2D eigenvalue weighted by Gasteiger charge is -2.24. The summed E-state index contributed by atoms with van der Waals surface area (Å²) in [5.74, 6) is -0.0118. The molecule has 0 unspecified atom stereocenters. The zero-order valence-electron chi connectivity index (χ0n) is 15.3. The van der Waals surface area contributed by atoms with E-state index in [1.54, 1.807) is 0 Å². The van der Waals surface area contributed by atoms with E-state index in [0.29, 0.717) is 5.92 Å². The van der Waals surface area contributed by atoms with Gasteiger partial charge in [-0.2, -0.15) is 0 Å². The summed E-state index contributed by atoms with van der Waals surface area (Å²) in [6.45, 7) is 8.43. The topological polar surface area (TPSA) is 87.3 Å². The normalized spacial score (nSPS) is 19.3. The minimum absolute atomic E-state index is 0.0637. The maximum atomic E-state index is 12.3. The van der Waals surface area contributed by atoms with Gasteiger partial charge in [0.25, 0.3) is 5.91 Å². The van der Waals surface area contributed by atoms with Crippen LogP contribution in [0.1, 0.15) is 63.6 Å². The largest absolute Gasteiger partial charge is 0.349 e. The fourth-order valence-electron chi connectivity index (χ4n) is 2.92. The van der Waals surface area contributed by atoms with Crippen molar-refractivity contribution in [3.63, 3.8) is 0 Å². The first kappa shape index (κ1) is 19.0. The van der Waals surface area contributed by atoms with Crippen LogP contribution in [0.4, 0.5) is 4.79 Å². The van der Waals surface area contributed by atoms with Crippen molar-refractivity contribution in [2.45, 2.75) is 58.5 Å². The second-order valence-electron chi connectivity index (χ2n) is 6.98. The molecule has 1 saturated heterocycles. The maximum Gasteiger partial charge on any atom is 0.322 e. The lowest BCUT2D eigenvalue weighted by Crippen LogP contribution is -2.38. The third-order valence-corrected chi connectivity index (χ3v) is 4.71. The molecule has 1 heterocycles. The second-order valence-corrected chi connectivity index (χ2v) is 6.98. The molecular weight excluding hydrogens is 318 g/mol. The molecule has 0 radical (unpaired) electrons. The molecular formula is C19H27N3O3. The maximum absolute atomic E-state index is 12.3. The monoisotopic (exact) mass is 345 g/mol. The van der Waals surface area contributed by atoms with Gasteiger partial charge in [0.05, 0.1) is 12.5 Å². The van der Waals surface area contributed by atoms with Crippen LogP contribution in [0.2, 0.25) is 0 Å². The van der Waals surface area contributed by atoms with Gasteiger partial charge in [-0.3, -0.25) is 14.9 Å². The molecule has 2 rings (SSSR count). The van der Waals surface area contributed by atoms with E-state index in [1.165, 1.54) is 5.56 Å². The number of rotatable bonds is 7. The van der Waals surface area contributed by atoms with Crippen molar-refractivity contribution in [3.8, 4) is 0 Å². The lowest BCUT2D eigenvalue weighted by molar-refractivity contribution is -0.127. The summed E-state index contributed by atoms with van der Waals surface area (Å²) >= 11 is 0. The number of hydrogen-bond donors (Lipinski definition) is 3. The molecule has 3 N–H and O–H groups in total. The first-order chi connectivity index (χ1) is 11.8. The Hall–Kier alpha value is -2.37. The first-order valence-electron chi connectivity index (χ1n) is 8.82. The highest BCUT2D eigenvalue weighted by molar-refractivity contribution is 6.05. The predicted molar refractivity (Wildman–Crippen MR) is 95.9 cm³/mol. The second kappa shape index (κ2) is 8.14. The number of amides is 4. The molecule has 1 aromatic rings. The Labute approximate surface area is 148 Å². The summed E-state index contributed by atoms with van der Waals surface area (Å²) in [5, 5.41) is 7.56. The van der Waals surface area contributed by atoms with Crippen LogP contribution < -0.4 is 16.0 Å². The van der Waals surface area contributed by atoms with Crippen molar-refractivity contribution in [2.24, 2.45) is 5.92 Å². The van der Waals surface area contributed by atoms with Crippen molar-refractivity contribution >= 4 is 17.8 Å². The number of carbonyl (C=O) groups excluding carboxylic acids is 3. The average molecular weight is 345 g/mol. The standard InChI is InChI=1S/C19H27N3O3/c1-5-12(4)13-6-8-14(9-7-13)17(11(2)3)21-16(23)10-15-18(24)22-19(25)20-15/h6-9,11-12,15,17H,5,10H2,1-4H3,(H,21,23)(H2,20,22,24,25)/t12-,15-,17+/m0/s1. The molecule has 3 atom stereocenters. The highest BCUT2D eigenvalue weighted by atomic mass is 16.2. The van der Waals surface area contributed by atoms with E-state index >= 15 is 0 Å². The highest BCUT2D eigenvalue weighted by Gasteiger charge is 2.32. The first-order valence-corrected chi connectivity index (χ1v) is 8.82. The number of carbonyl (C=O) groups is 3. The van der Waals surface area contributed by atoms with E-state index in [-0.39, 0.29) is 24.3 Å². The third kappa shape index (κ3) is 4.81. The highest BCUT2D eigenvalue weighted by Crippen LogP contribution is 2.25. The Morgan fingerprint density at radius 2 is 1.72 bits per heavy atom. The fraction of sp³-hybridized carbons (Fsp3) is 0.526. The van der Waals surface area contributed by atoms with Gasteiger partial charge in [0, 0.05) is 0 Å². The van der Waals surface area contributed by atoms with Crippen LogP contribution in [-0.4, -0.2) is 23.9 Å². The van der Waals surface area contributed by atoms with Crippen LogP contribution in [0, 0.1) is 5.92 Å². The number of urea groups is 1. The molecule has 0 spiro atoms. The van der Waals surface area contributed by atoms with Gasteiger partial charge in [-0.05, 0) is 29.4 Å². The van der Waals surface area contributed by atoms with Crippen LogP contribution in [0.25, 0.3) is 0 Å². The molecule has 1 fully saturated rings. The van der Waals surface area contributed by atoms with Crippen LogP contribution in [0.15, 0.2) is 24.3 Å². The molecule has 6 heteroatoms. The number of nitrogens with one attached hydrogen (secondary N) is 3.